The van der Waals surface area contributed by atoms with E-state index in [4.69, 9.17) is 19.4 Å². The van der Waals surface area contributed by atoms with Gasteiger partial charge in [-0.1, -0.05) is 30.0 Å². The van der Waals surface area contributed by atoms with Gasteiger partial charge < -0.3 is 19.4 Å². The van der Waals surface area contributed by atoms with Gasteiger partial charge in [-0.05, 0) is 121 Å². The molecule has 2 aromatic heterocycles. The van der Waals surface area contributed by atoms with Crippen molar-refractivity contribution < 1.29 is 19.1 Å². The first-order valence-electron chi connectivity index (χ1n) is 17.4. The normalized spacial score (nSPS) is 17.3. The third-order valence-electron chi connectivity index (χ3n) is 8.96. The SMILES string of the molecule is CC(C)(C)OC(=O)N1CCC[C@H]1c1nc2ccc(C#Cc3ccc(-c4ccc5nc([C@@H]6CCCN6C(=O)OC(C)(C)C)[nH]c5c4)cc3)cc2[nH]1.S.S. The molecule has 7 rings (SSSR count). The van der Waals surface area contributed by atoms with E-state index in [-0.39, 0.29) is 51.3 Å². The topological polar surface area (TPSA) is 116 Å². The van der Waals surface area contributed by atoms with Crippen molar-refractivity contribution in [3.8, 4) is 23.0 Å². The number of likely N-dealkylation sites (tertiary alicyclic amines) is 2. The molecule has 3 aromatic carbocycles. The summed E-state index contributed by atoms with van der Waals surface area (Å²) in [6.07, 6.45) is 2.91. The molecule has 0 unspecified atom stereocenters. The molecule has 2 aliphatic rings. The predicted octanol–water partition coefficient (Wildman–Crippen LogP) is 8.88. The number of amides is 2. The van der Waals surface area contributed by atoms with Gasteiger partial charge in [0.2, 0.25) is 0 Å². The van der Waals surface area contributed by atoms with Crippen LogP contribution in [0.5, 0.6) is 0 Å². The predicted molar refractivity (Wildman–Crippen MR) is 214 cm³/mol. The zero-order chi connectivity index (χ0) is 35.2. The summed E-state index contributed by atoms with van der Waals surface area (Å²) >= 11 is 0. The molecular formula is C40H48N6O4S2. The fraction of sp³-hybridized carbons (Fsp3) is 0.400. The molecule has 0 aliphatic carbocycles. The van der Waals surface area contributed by atoms with Crippen molar-refractivity contribution in [1.29, 1.82) is 0 Å². The average molecular weight is 741 g/mol. The lowest BCUT2D eigenvalue weighted by Gasteiger charge is -2.27. The van der Waals surface area contributed by atoms with Crippen molar-refractivity contribution in [1.82, 2.24) is 29.7 Å². The Kier molecular flexibility index (Phi) is 11.3. The molecule has 0 spiro atoms. The second-order valence-corrected chi connectivity index (χ2v) is 15.2. The number of carbonyl (C=O) groups excluding carboxylic acids is 2. The largest absolute Gasteiger partial charge is 0.444 e. The molecule has 52 heavy (non-hydrogen) atoms. The van der Waals surface area contributed by atoms with Gasteiger partial charge in [0, 0.05) is 24.2 Å². The molecule has 2 amide bonds. The van der Waals surface area contributed by atoms with E-state index in [1.807, 2.05) is 77.9 Å². The minimum atomic E-state index is -0.546. The number of carbonyl (C=O) groups is 2. The van der Waals surface area contributed by atoms with Crippen LogP contribution in [-0.4, -0.2) is 66.2 Å². The summed E-state index contributed by atoms with van der Waals surface area (Å²) < 4.78 is 11.3. The van der Waals surface area contributed by atoms with E-state index >= 15 is 0 Å². The molecule has 0 bridgehead atoms. The van der Waals surface area contributed by atoms with E-state index < -0.39 is 11.2 Å². The molecule has 274 valence electrons. The monoisotopic (exact) mass is 740 g/mol. The van der Waals surface area contributed by atoms with Crippen molar-refractivity contribution in [3.05, 3.63) is 83.4 Å². The molecule has 2 N–H and O–H groups in total. The Morgan fingerprint density at radius 1 is 0.654 bits per heavy atom. The van der Waals surface area contributed by atoms with Crippen LogP contribution in [0.4, 0.5) is 9.59 Å². The van der Waals surface area contributed by atoms with E-state index in [1.165, 1.54) is 0 Å². The highest BCUT2D eigenvalue weighted by atomic mass is 32.1. The first-order chi connectivity index (χ1) is 23.8. The van der Waals surface area contributed by atoms with Crippen LogP contribution < -0.4 is 0 Å². The Morgan fingerprint density at radius 3 is 1.62 bits per heavy atom. The van der Waals surface area contributed by atoms with Gasteiger partial charge in [0.05, 0.1) is 34.2 Å². The summed E-state index contributed by atoms with van der Waals surface area (Å²) in [5.41, 5.74) is 6.36. The van der Waals surface area contributed by atoms with E-state index in [2.05, 4.69) is 46.1 Å². The number of fused-ring (bicyclic) bond motifs is 2. The van der Waals surface area contributed by atoms with Crippen LogP contribution in [0.15, 0.2) is 60.7 Å². The fourth-order valence-corrected chi connectivity index (χ4v) is 6.70. The molecule has 0 saturated carbocycles. The second-order valence-electron chi connectivity index (χ2n) is 15.2. The van der Waals surface area contributed by atoms with Gasteiger partial charge in [0.15, 0.2) is 0 Å². The molecule has 2 aliphatic heterocycles. The number of aromatic amines is 2. The number of hydrogen-bond donors (Lipinski definition) is 2. The molecule has 0 radical (unpaired) electrons. The van der Waals surface area contributed by atoms with Gasteiger partial charge in [-0.3, -0.25) is 9.80 Å². The van der Waals surface area contributed by atoms with Crippen molar-refractivity contribution in [3.63, 3.8) is 0 Å². The summed E-state index contributed by atoms with van der Waals surface area (Å²) in [4.78, 5) is 45.8. The Balaban J connectivity index is 0.00000261. The number of ether oxygens (including phenoxy) is 2. The minimum absolute atomic E-state index is 0. The molecule has 10 nitrogen and oxygen atoms in total. The average Bonchev–Trinajstić information content (AvgIpc) is 3.86. The highest BCUT2D eigenvalue weighted by molar-refractivity contribution is 7.59. The number of imidazole rings is 2. The first-order valence-corrected chi connectivity index (χ1v) is 17.4. The van der Waals surface area contributed by atoms with Gasteiger partial charge in [-0.25, -0.2) is 19.6 Å². The van der Waals surface area contributed by atoms with Gasteiger partial charge in [-0.15, -0.1) is 0 Å². The number of hydrogen-bond acceptors (Lipinski definition) is 6. The van der Waals surface area contributed by atoms with Gasteiger partial charge in [0.25, 0.3) is 0 Å². The maximum Gasteiger partial charge on any atom is 0.410 e. The van der Waals surface area contributed by atoms with Crippen LogP contribution in [0.1, 0.15) is 102 Å². The van der Waals surface area contributed by atoms with Crippen molar-refractivity contribution in [2.75, 3.05) is 13.1 Å². The maximum atomic E-state index is 12.8. The highest BCUT2D eigenvalue weighted by Crippen LogP contribution is 2.35. The van der Waals surface area contributed by atoms with E-state index in [1.54, 1.807) is 9.80 Å². The summed E-state index contributed by atoms with van der Waals surface area (Å²) in [5, 5.41) is 0. The van der Waals surface area contributed by atoms with E-state index in [9.17, 15) is 9.59 Å². The molecule has 2 saturated heterocycles. The Morgan fingerprint density at radius 2 is 1.10 bits per heavy atom. The number of nitrogens with one attached hydrogen (secondary N) is 2. The molecular weight excluding hydrogens is 693 g/mol. The molecule has 2 atom stereocenters. The van der Waals surface area contributed by atoms with E-state index in [0.29, 0.717) is 13.1 Å². The fourth-order valence-electron chi connectivity index (χ4n) is 6.70. The van der Waals surface area contributed by atoms with Crippen LogP contribution >= 0.6 is 27.0 Å². The Labute approximate surface area is 319 Å². The van der Waals surface area contributed by atoms with Gasteiger partial charge in [-0.2, -0.15) is 27.0 Å². The molecule has 2 fully saturated rings. The lowest BCUT2D eigenvalue weighted by Crippen LogP contribution is -2.36. The number of nitrogens with zero attached hydrogens (tertiary/aromatic N) is 4. The van der Waals surface area contributed by atoms with E-state index in [0.717, 1.165) is 81.7 Å². The smallest absolute Gasteiger partial charge is 0.410 e. The summed E-state index contributed by atoms with van der Waals surface area (Å²) in [5.74, 6) is 8.14. The lowest BCUT2D eigenvalue weighted by atomic mass is 10.0. The third-order valence-corrected chi connectivity index (χ3v) is 8.96. The van der Waals surface area contributed by atoms with Crippen molar-refractivity contribution in [2.24, 2.45) is 0 Å². The standard InChI is InChI=1S/C40H44N6O4.2H2S/c1-39(2,3)49-37(47)45-21-7-9-33(45)35-41-29-19-15-26(23-31(29)43-35)12-11-25-13-16-27(17-14-25)28-18-20-30-32(24-28)44-36(42-30)34-10-8-22-46(34)38(48)50-40(4,5)6;;/h13-20,23-24,33-34H,7-10,21-22H2,1-6H3,(H,41,43)(H,42,44);2*1H2/t33-,34-;;/m0../s1. The number of aromatic nitrogens is 4. The Bertz CT molecular complexity index is 2130. The first kappa shape index (κ1) is 38.6. The zero-order valence-corrected chi connectivity index (χ0v) is 32.6. The van der Waals surface area contributed by atoms with Crippen LogP contribution in [0.2, 0.25) is 0 Å². The van der Waals surface area contributed by atoms with Crippen molar-refractivity contribution >= 4 is 61.2 Å². The minimum Gasteiger partial charge on any atom is -0.444 e. The lowest BCUT2D eigenvalue weighted by molar-refractivity contribution is 0.0208. The van der Waals surface area contributed by atoms with Crippen LogP contribution in [0.3, 0.4) is 0 Å². The summed E-state index contributed by atoms with van der Waals surface area (Å²) in [6.45, 7) is 12.6. The number of rotatable bonds is 3. The zero-order valence-electron chi connectivity index (χ0n) is 30.6. The van der Waals surface area contributed by atoms with Crippen LogP contribution in [0.25, 0.3) is 33.2 Å². The van der Waals surface area contributed by atoms with Gasteiger partial charge >= 0.3 is 12.2 Å². The molecule has 12 heteroatoms. The third kappa shape index (κ3) is 8.54. The summed E-state index contributed by atoms with van der Waals surface area (Å²) in [6, 6.07) is 20.1. The number of H-pyrrole nitrogens is 2. The highest BCUT2D eigenvalue weighted by Gasteiger charge is 2.36. The molecule has 5 aromatic rings. The van der Waals surface area contributed by atoms with Gasteiger partial charge in [0.1, 0.15) is 22.9 Å². The van der Waals surface area contributed by atoms with Crippen LogP contribution in [0, 0.1) is 11.8 Å². The Hall–Kier alpha value is -4.60. The molecule has 4 heterocycles. The second kappa shape index (κ2) is 15.2. The number of benzene rings is 3. The maximum absolute atomic E-state index is 12.8. The summed E-state index contributed by atoms with van der Waals surface area (Å²) in [7, 11) is 0. The quantitative estimate of drug-likeness (QED) is 0.179. The van der Waals surface area contributed by atoms with Crippen LogP contribution in [-0.2, 0) is 9.47 Å². The van der Waals surface area contributed by atoms with Crippen molar-refractivity contribution in [2.45, 2.75) is 90.5 Å².